The van der Waals surface area contributed by atoms with E-state index in [0.29, 0.717) is 12.8 Å². The minimum Gasteiger partial charge on any atom is -0.544 e. The van der Waals surface area contributed by atoms with Crippen LogP contribution < -0.4 is 5.11 Å². The summed E-state index contributed by atoms with van der Waals surface area (Å²) >= 11 is 0. The minimum absolute atomic E-state index is 0.0166. The number of carboxylic acids is 1. The van der Waals surface area contributed by atoms with E-state index < -0.39 is 18.1 Å². The van der Waals surface area contributed by atoms with Crippen molar-refractivity contribution in [3.63, 3.8) is 0 Å². The number of allylic oxidation sites excluding steroid dienone is 16. The van der Waals surface area contributed by atoms with Crippen LogP contribution in [0.1, 0.15) is 155 Å². The first-order valence-corrected chi connectivity index (χ1v) is 22.8. The fourth-order valence-electron chi connectivity index (χ4n) is 6.07. The maximum Gasteiger partial charge on any atom is 0.306 e. The molecule has 0 rings (SSSR count). The summed E-state index contributed by atoms with van der Waals surface area (Å²) in [6.07, 6.45) is 54.4. The van der Waals surface area contributed by atoms with Gasteiger partial charge in [-0.2, -0.15) is 0 Å². The lowest BCUT2D eigenvalue weighted by atomic mass is 10.1. The highest BCUT2D eigenvalue weighted by Crippen LogP contribution is 2.13. The second-order valence-electron chi connectivity index (χ2n) is 16.0. The van der Waals surface area contributed by atoms with Crippen molar-refractivity contribution in [1.29, 1.82) is 0 Å². The van der Waals surface area contributed by atoms with Crippen molar-refractivity contribution in [3.8, 4) is 0 Å². The molecular weight excluding hydrogens is 739 g/mol. The number of hydrogen-bond donors (Lipinski definition) is 0. The lowest BCUT2D eigenvalue weighted by Gasteiger charge is -2.34. The number of carbonyl (C=O) groups excluding carboxylic acids is 3. The number of ether oxygens (including phenoxy) is 3. The molecule has 0 N–H and O–H groups in total. The Kier molecular flexibility index (Phi) is 38.4. The molecule has 0 aliphatic heterocycles. The summed E-state index contributed by atoms with van der Waals surface area (Å²) in [5.41, 5.74) is 0. The molecule has 0 aliphatic rings. The van der Waals surface area contributed by atoms with E-state index in [4.69, 9.17) is 14.2 Å². The standard InChI is InChI=1S/C51H83NO7/c1-6-8-10-12-14-16-18-20-21-22-23-24-25-26-27-28-30-31-33-35-37-39-41-49(53)58-46-47(45-57-44-43-48(51(55)56)52(3,4)5)59-50(54)42-40-38-36-34-32-29-19-17-15-13-11-9-7-2/h8-11,13-17,19-21,23-24,29,32,47-48H,6-7,12,18,22,25-28,30-31,33-46H2,1-5H3/b10-8+,11-9+,15-13+,16-14+,19-17+,21-20+,24-23+,32-29+. The average molecular weight is 822 g/mol. The lowest BCUT2D eigenvalue weighted by Crippen LogP contribution is -2.55. The largest absolute Gasteiger partial charge is 0.544 e. The number of quaternary nitrogens is 1. The molecule has 0 saturated heterocycles. The number of nitrogens with zero attached hydrogens (tertiary/aromatic N) is 1. The highest BCUT2D eigenvalue weighted by Gasteiger charge is 2.25. The molecule has 0 aromatic heterocycles. The van der Waals surface area contributed by atoms with Gasteiger partial charge < -0.3 is 28.6 Å². The molecule has 0 amide bonds. The molecule has 0 aromatic rings. The van der Waals surface area contributed by atoms with Crippen LogP contribution in [0, 0.1) is 0 Å². The van der Waals surface area contributed by atoms with Crippen LogP contribution in [0.15, 0.2) is 97.2 Å². The summed E-state index contributed by atoms with van der Waals surface area (Å²) in [5.74, 6) is -1.81. The monoisotopic (exact) mass is 822 g/mol. The van der Waals surface area contributed by atoms with Crippen LogP contribution in [0.3, 0.4) is 0 Å². The predicted octanol–water partition coefficient (Wildman–Crippen LogP) is 11.4. The molecule has 334 valence electrons. The molecule has 0 saturated carbocycles. The van der Waals surface area contributed by atoms with Crippen LogP contribution in [-0.4, -0.2) is 75.5 Å². The van der Waals surface area contributed by atoms with Crippen molar-refractivity contribution in [2.45, 2.75) is 167 Å². The molecule has 0 fully saturated rings. The molecule has 0 heterocycles. The SMILES string of the molecule is CC/C=C/C=C/C=C/C=C/CCCCCC(=O)OC(COCCC(C(=O)[O-])[N+](C)(C)C)COC(=O)CCCCCCCCCCC/C=C/C/C=C/C/C=C/C/C=C/CC. The Balaban J connectivity index is 4.33. The third-order valence-corrected chi connectivity index (χ3v) is 9.56. The van der Waals surface area contributed by atoms with Crippen molar-refractivity contribution < 1.29 is 38.2 Å². The van der Waals surface area contributed by atoms with Gasteiger partial charge in [0.15, 0.2) is 6.10 Å². The van der Waals surface area contributed by atoms with Crippen molar-refractivity contribution >= 4 is 17.9 Å². The normalized spacial score (nSPS) is 13.8. The van der Waals surface area contributed by atoms with Gasteiger partial charge >= 0.3 is 11.9 Å². The Morgan fingerprint density at radius 3 is 1.54 bits per heavy atom. The third kappa shape index (κ3) is 39.5. The smallest absolute Gasteiger partial charge is 0.306 e. The second kappa shape index (κ2) is 41.0. The quantitative estimate of drug-likeness (QED) is 0.0200. The number of hydrogen-bond acceptors (Lipinski definition) is 7. The van der Waals surface area contributed by atoms with E-state index in [2.05, 4.69) is 74.6 Å². The van der Waals surface area contributed by atoms with E-state index in [1.165, 1.54) is 38.5 Å². The van der Waals surface area contributed by atoms with E-state index >= 15 is 0 Å². The Morgan fingerprint density at radius 1 is 0.525 bits per heavy atom. The Labute approximate surface area is 360 Å². The fourth-order valence-corrected chi connectivity index (χ4v) is 6.07. The first kappa shape index (κ1) is 55.2. The molecule has 0 radical (unpaired) electrons. The van der Waals surface area contributed by atoms with E-state index in [-0.39, 0.29) is 49.1 Å². The number of rotatable bonds is 39. The molecule has 59 heavy (non-hydrogen) atoms. The van der Waals surface area contributed by atoms with Crippen LogP contribution in [0.4, 0.5) is 0 Å². The number of aliphatic carboxylic acids is 1. The van der Waals surface area contributed by atoms with Crippen molar-refractivity contribution in [3.05, 3.63) is 97.2 Å². The van der Waals surface area contributed by atoms with Gasteiger partial charge in [0.2, 0.25) is 0 Å². The lowest BCUT2D eigenvalue weighted by molar-refractivity contribution is -0.889. The van der Waals surface area contributed by atoms with Crippen LogP contribution in [0.25, 0.3) is 0 Å². The van der Waals surface area contributed by atoms with Gasteiger partial charge in [-0.05, 0) is 70.6 Å². The number of carboxylic acid groups (broad SMARTS) is 1. The fraction of sp³-hybridized carbons (Fsp3) is 0.627. The van der Waals surface area contributed by atoms with Crippen LogP contribution in [0.5, 0.6) is 0 Å². The number of carbonyl (C=O) groups is 3. The zero-order valence-corrected chi connectivity index (χ0v) is 37.9. The first-order chi connectivity index (χ1) is 28.6. The van der Waals surface area contributed by atoms with E-state index in [1.807, 2.05) is 36.5 Å². The van der Waals surface area contributed by atoms with Crippen LogP contribution in [-0.2, 0) is 28.6 Å². The predicted molar refractivity (Wildman–Crippen MR) is 245 cm³/mol. The third-order valence-electron chi connectivity index (χ3n) is 9.56. The van der Waals surface area contributed by atoms with Gasteiger partial charge in [-0.3, -0.25) is 9.59 Å². The highest BCUT2D eigenvalue weighted by atomic mass is 16.6. The zero-order chi connectivity index (χ0) is 43.5. The van der Waals surface area contributed by atoms with Gasteiger partial charge in [-0.15, -0.1) is 0 Å². The Hall–Kier alpha value is -3.75. The van der Waals surface area contributed by atoms with Gasteiger partial charge in [0, 0.05) is 19.3 Å². The number of esters is 2. The van der Waals surface area contributed by atoms with Crippen molar-refractivity contribution in [1.82, 2.24) is 0 Å². The van der Waals surface area contributed by atoms with Crippen LogP contribution >= 0.6 is 0 Å². The molecule has 2 atom stereocenters. The summed E-state index contributed by atoms with van der Waals surface area (Å²) in [7, 11) is 5.38. The molecule has 0 aromatic carbocycles. The van der Waals surface area contributed by atoms with Gasteiger partial charge in [-0.1, -0.05) is 162 Å². The molecular formula is C51H83NO7. The topological polar surface area (TPSA) is 102 Å². The molecule has 8 nitrogen and oxygen atoms in total. The highest BCUT2D eigenvalue weighted by molar-refractivity contribution is 5.70. The number of likely N-dealkylation sites (N-methyl/N-ethyl adjacent to an activating group) is 1. The molecule has 0 spiro atoms. The first-order valence-electron chi connectivity index (χ1n) is 22.8. The van der Waals surface area contributed by atoms with Gasteiger partial charge in [0.25, 0.3) is 0 Å². The average Bonchev–Trinajstić information content (AvgIpc) is 3.19. The summed E-state index contributed by atoms with van der Waals surface area (Å²) in [6, 6.07) is -0.739. The van der Waals surface area contributed by atoms with E-state index in [0.717, 1.165) is 77.0 Å². The van der Waals surface area contributed by atoms with Crippen molar-refractivity contribution in [2.75, 3.05) is 41.0 Å². The Bertz CT molecular complexity index is 1280. The number of unbranched alkanes of at least 4 members (excludes halogenated alkanes) is 12. The maximum atomic E-state index is 12.7. The summed E-state index contributed by atoms with van der Waals surface area (Å²) in [5, 5.41) is 11.6. The molecule has 8 heteroatoms. The molecule has 2 unspecified atom stereocenters. The van der Waals surface area contributed by atoms with Gasteiger partial charge in [-0.25, -0.2) is 0 Å². The van der Waals surface area contributed by atoms with E-state index in [9.17, 15) is 19.5 Å². The maximum absolute atomic E-state index is 12.7. The molecule has 0 aliphatic carbocycles. The minimum atomic E-state index is -1.14. The summed E-state index contributed by atoms with van der Waals surface area (Å²) < 4.78 is 17.1. The van der Waals surface area contributed by atoms with Gasteiger partial charge in [0.05, 0.1) is 40.3 Å². The summed E-state index contributed by atoms with van der Waals surface area (Å²) in [6.45, 7) is 4.34. The van der Waals surface area contributed by atoms with Crippen LogP contribution in [0.2, 0.25) is 0 Å². The zero-order valence-electron chi connectivity index (χ0n) is 37.9. The summed E-state index contributed by atoms with van der Waals surface area (Å²) in [4.78, 5) is 36.9. The second-order valence-corrected chi connectivity index (χ2v) is 16.0. The Morgan fingerprint density at radius 2 is 0.983 bits per heavy atom. The van der Waals surface area contributed by atoms with E-state index in [1.54, 1.807) is 21.1 Å². The molecule has 0 bridgehead atoms. The van der Waals surface area contributed by atoms with Crippen molar-refractivity contribution in [2.24, 2.45) is 0 Å². The van der Waals surface area contributed by atoms with Gasteiger partial charge in [0.1, 0.15) is 12.6 Å².